The van der Waals surface area contributed by atoms with Gasteiger partial charge in [0.25, 0.3) is 5.56 Å². The maximum Gasteiger partial charge on any atom is 0.255 e. The molecule has 0 aliphatic carbocycles. The average Bonchev–Trinajstić information content (AvgIpc) is 2.73. The second-order valence-electron chi connectivity index (χ2n) is 7.53. The summed E-state index contributed by atoms with van der Waals surface area (Å²) in [5.41, 5.74) is 3.47. The number of aromatic nitrogens is 4. The summed E-state index contributed by atoms with van der Waals surface area (Å²) < 4.78 is 1.69. The van der Waals surface area contributed by atoms with E-state index in [0.717, 1.165) is 41.3 Å². The van der Waals surface area contributed by atoms with Crippen molar-refractivity contribution in [1.29, 1.82) is 0 Å². The van der Waals surface area contributed by atoms with Gasteiger partial charge in [0.15, 0.2) is 0 Å². The van der Waals surface area contributed by atoms with Crippen molar-refractivity contribution in [3.05, 3.63) is 43.8 Å². The minimum absolute atomic E-state index is 0.0244. The van der Waals surface area contributed by atoms with Crippen LogP contribution in [0.3, 0.4) is 0 Å². The van der Waals surface area contributed by atoms with Crippen molar-refractivity contribution >= 4 is 11.6 Å². The molecule has 3 rings (SSSR count). The molecule has 0 saturated carbocycles. The van der Waals surface area contributed by atoms with Crippen LogP contribution in [-0.2, 0) is 32.0 Å². The number of H-pyrrole nitrogens is 1. The molecule has 0 spiro atoms. The Kier molecular flexibility index (Phi) is 4.30. The number of nitrogens with zero attached hydrogens (tertiary/aromatic N) is 4. The van der Waals surface area contributed by atoms with E-state index in [-0.39, 0.29) is 11.0 Å². The van der Waals surface area contributed by atoms with Crippen LogP contribution in [0.1, 0.15) is 49.1 Å². The molecule has 2 aromatic heterocycles. The van der Waals surface area contributed by atoms with Gasteiger partial charge < -0.3 is 4.98 Å². The molecule has 3 heterocycles. The van der Waals surface area contributed by atoms with Gasteiger partial charge in [0.05, 0.1) is 17.0 Å². The lowest BCUT2D eigenvalue weighted by Gasteiger charge is -2.28. The number of hydrogen-bond acceptors (Lipinski definition) is 4. The van der Waals surface area contributed by atoms with Gasteiger partial charge in [0, 0.05) is 44.1 Å². The molecule has 1 aliphatic rings. The summed E-state index contributed by atoms with van der Waals surface area (Å²) in [7, 11) is 1.84. The van der Waals surface area contributed by atoms with E-state index >= 15 is 0 Å². The Morgan fingerprint density at radius 2 is 2.04 bits per heavy atom. The summed E-state index contributed by atoms with van der Waals surface area (Å²) in [6.45, 7) is 10.3. The fourth-order valence-electron chi connectivity index (χ4n) is 3.05. The van der Waals surface area contributed by atoms with E-state index in [2.05, 4.69) is 35.8 Å². The van der Waals surface area contributed by atoms with Crippen molar-refractivity contribution in [3.63, 3.8) is 0 Å². The van der Waals surface area contributed by atoms with Crippen LogP contribution >= 0.6 is 11.6 Å². The minimum atomic E-state index is -0.161. The van der Waals surface area contributed by atoms with Crippen LogP contribution in [0.25, 0.3) is 0 Å². The van der Waals surface area contributed by atoms with Gasteiger partial charge in [-0.15, -0.1) is 0 Å². The molecule has 0 bridgehead atoms. The Morgan fingerprint density at radius 1 is 1.33 bits per heavy atom. The molecule has 24 heavy (non-hydrogen) atoms. The monoisotopic (exact) mass is 349 g/mol. The Bertz CT molecular complexity index is 831. The second kappa shape index (κ2) is 6.01. The van der Waals surface area contributed by atoms with Crippen LogP contribution in [0, 0.1) is 6.92 Å². The summed E-state index contributed by atoms with van der Waals surface area (Å²) >= 11 is 6.33. The first-order chi connectivity index (χ1) is 11.2. The maximum atomic E-state index is 12.5. The smallest absolute Gasteiger partial charge is 0.255 e. The first-order valence-corrected chi connectivity index (χ1v) is 8.57. The highest BCUT2D eigenvalue weighted by molar-refractivity contribution is 6.30. The lowest BCUT2D eigenvalue weighted by Crippen LogP contribution is -2.37. The predicted molar refractivity (Wildman–Crippen MR) is 94.3 cm³/mol. The molecule has 1 aliphatic heterocycles. The lowest BCUT2D eigenvalue weighted by molar-refractivity contribution is 0.240. The van der Waals surface area contributed by atoms with Crippen molar-refractivity contribution in [2.24, 2.45) is 7.05 Å². The van der Waals surface area contributed by atoms with E-state index in [4.69, 9.17) is 16.6 Å². The number of rotatable bonds is 2. The topological polar surface area (TPSA) is 66.8 Å². The molecular weight excluding hydrogens is 326 g/mol. The second-order valence-corrected chi connectivity index (χ2v) is 7.89. The van der Waals surface area contributed by atoms with Gasteiger partial charge in [-0.05, 0) is 6.92 Å². The first-order valence-electron chi connectivity index (χ1n) is 8.19. The number of fused-ring (bicyclic) bond motifs is 1. The van der Waals surface area contributed by atoms with Crippen molar-refractivity contribution in [1.82, 2.24) is 24.6 Å². The highest BCUT2D eigenvalue weighted by Gasteiger charge is 2.26. The largest absolute Gasteiger partial charge is 0.310 e. The SMILES string of the molecule is Cc1nn(C)c(Cl)c1CN1CCc2nc(C(C)(C)C)[nH]c(=O)c2C1. The fraction of sp³-hybridized carbons (Fsp3) is 0.588. The van der Waals surface area contributed by atoms with Crippen LogP contribution in [0.15, 0.2) is 4.79 Å². The highest BCUT2D eigenvalue weighted by Crippen LogP contribution is 2.24. The van der Waals surface area contributed by atoms with Gasteiger partial charge >= 0.3 is 0 Å². The van der Waals surface area contributed by atoms with Crippen LogP contribution in [0.5, 0.6) is 0 Å². The van der Waals surface area contributed by atoms with E-state index in [0.29, 0.717) is 18.2 Å². The molecule has 0 fully saturated rings. The third kappa shape index (κ3) is 3.13. The molecular formula is C17H24ClN5O. The Morgan fingerprint density at radius 3 is 2.62 bits per heavy atom. The van der Waals surface area contributed by atoms with Crippen LogP contribution in [0.2, 0.25) is 5.15 Å². The summed E-state index contributed by atoms with van der Waals surface area (Å²) in [4.78, 5) is 22.4. The first kappa shape index (κ1) is 17.2. The van der Waals surface area contributed by atoms with Gasteiger partial charge in [0.1, 0.15) is 11.0 Å². The van der Waals surface area contributed by atoms with Gasteiger partial charge in [-0.25, -0.2) is 4.98 Å². The fourth-order valence-corrected chi connectivity index (χ4v) is 3.28. The number of nitrogens with one attached hydrogen (secondary N) is 1. The van der Waals surface area contributed by atoms with E-state index in [1.807, 2.05) is 14.0 Å². The van der Waals surface area contributed by atoms with Crippen molar-refractivity contribution in [2.75, 3.05) is 6.54 Å². The molecule has 0 unspecified atom stereocenters. The summed E-state index contributed by atoms with van der Waals surface area (Å²) in [6.07, 6.45) is 0.777. The summed E-state index contributed by atoms with van der Waals surface area (Å²) in [6, 6.07) is 0. The third-order valence-electron chi connectivity index (χ3n) is 4.51. The van der Waals surface area contributed by atoms with Crippen molar-refractivity contribution in [2.45, 2.75) is 52.6 Å². The molecule has 0 radical (unpaired) electrons. The minimum Gasteiger partial charge on any atom is -0.310 e. The van der Waals surface area contributed by atoms with Gasteiger partial charge in [-0.2, -0.15) is 5.10 Å². The highest BCUT2D eigenvalue weighted by atomic mass is 35.5. The molecule has 0 atom stereocenters. The number of halogens is 1. The van der Waals surface area contributed by atoms with E-state index in [9.17, 15) is 4.79 Å². The standard InChI is InChI=1S/C17H24ClN5O/c1-10-11(14(18)22(5)21-10)8-23-7-6-13-12(9-23)15(24)20-16(19-13)17(2,3)4/h6-9H2,1-5H3,(H,19,20,24). The van der Waals surface area contributed by atoms with Crippen molar-refractivity contribution in [3.8, 4) is 0 Å². The molecule has 1 N–H and O–H groups in total. The number of aryl methyl sites for hydroxylation is 2. The van der Waals surface area contributed by atoms with Crippen molar-refractivity contribution < 1.29 is 0 Å². The zero-order valence-corrected chi connectivity index (χ0v) is 15.7. The Balaban J connectivity index is 1.86. The zero-order chi connectivity index (χ0) is 17.6. The molecule has 0 amide bonds. The average molecular weight is 350 g/mol. The van der Waals surface area contributed by atoms with E-state index in [1.165, 1.54) is 0 Å². The molecule has 0 saturated heterocycles. The molecule has 7 heteroatoms. The van der Waals surface area contributed by atoms with Crippen LogP contribution < -0.4 is 5.56 Å². The zero-order valence-electron chi connectivity index (χ0n) is 14.9. The molecule has 130 valence electrons. The molecule has 6 nitrogen and oxygen atoms in total. The molecule has 0 aromatic carbocycles. The third-order valence-corrected chi connectivity index (χ3v) is 4.98. The summed E-state index contributed by atoms with van der Waals surface area (Å²) in [5.74, 6) is 0.755. The van der Waals surface area contributed by atoms with Crippen LogP contribution in [0.4, 0.5) is 0 Å². The quantitative estimate of drug-likeness (QED) is 0.903. The number of aromatic amines is 1. The van der Waals surface area contributed by atoms with Gasteiger partial charge in [0.2, 0.25) is 0 Å². The molecule has 2 aromatic rings. The normalized spacial score (nSPS) is 15.6. The number of hydrogen-bond donors (Lipinski definition) is 1. The Hall–Kier alpha value is -1.66. The van der Waals surface area contributed by atoms with E-state index in [1.54, 1.807) is 4.68 Å². The maximum absolute atomic E-state index is 12.5. The van der Waals surface area contributed by atoms with Gasteiger partial charge in [-0.1, -0.05) is 32.4 Å². The van der Waals surface area contributed by atoms with E-state index < -0.39 is 0 Å². The Labute approximate surface area is 146 Å². The van der Waals surface area contributed by atoms with Crippen LogP contribution in [-0.4, -0.2) is 31.2 Å². The predicted octanol–water partition coefficient (Wildman–Crippen LogP) is 2.32. The van der Waals surface area contributed by atoms with Gasteiger partial charge in [-0.3, -0.25) is 14.4 Å². The lowest BCUT2D eigenvalue weighted by atomic mass is 9.95. The summed E-state index contributed by atoms with van der Waals surface area (Å²) in [5, 5.41) is 5.01.